The molecule has 1 N–H and O–H groups in total. The number of rotatable bonds is 6. The van der Waals surface area contributed by atoms with E-state index >= 15 is 0 Å². The number of carboxylic acids is 1. The van der Waals surface area contributed by atoms with Gasteiger partial charge in [-0.05, 0) is 44.2 Å². The zero-order valence-corrected chi connectivity index (χ0v) is 15.2. The van der Waals surface area contributed by atoms with Crippen LogP contribution in [0.15, 0.2) is 39.2 Å². The second-order valence-corrected chi connectivity index (χ2v) is 6.31. The molecule has 0 aliphatic rings. The largest absolute Gasteiger partial charge is 0.481 e. The van der Waals surface area contributed by atoms with Crippen molar-refractivity contribution >= 4 is 27.8 Å². The third kappa shape index (κ3) is 4.38. The van der Waals surface area contributed by atoms with Gasteiger partial charge in [0.05, 0.1) is 6.54 Å². The van der Waals surface area contributed by atoms with Crippen molar-refractivity contribution in [1.29, 1.82) is 0 Å². The summed E-state index contributed by atoms with van der Waals surface area (Å²) in [6.45, 7) is 3.41. The van der Waals surface area contributed by atoms with Crippen molar-refractivity contribution in [1.82, 2.24) is 4.90 Å². The summed E-state index contributed by atoms with van der Waals surface area (Å²) in [7, 11) is 1.61. The van der Waals surface area contributed by atoms with Crippen LogP contribution in [-0.4, -0.2) is 35.0 Å². The molecule has 128 valence electrons. The summed E-state index contributed by atoms with van der Waals surface area (Å²) in [5, 5.41) is 9.03. The highest BCUT2D eigenvalue weighted by Gasteiger charge is 2.22. The summed E-state index contributed by atoms with van der Waals surface area (Å²) in [5.74, 6) is 0.0378. The number of likely N-dealkylation sites (N-methyl/N-ethyl adjacent to an activating group) is 1. The predicted octanol–water partition coefficient (Wildman–Crippen LogP) is 3.47. The van der Waals surface area contributed by atoms with E-state index in [1.165, 1.54) is 11.0 Å². The van der Waals surface area contributed by atoms with Crippen molar-refractivity contribution < 1.29 is 23.8 Å². The van der Waals surface area contributed by atoms with Crippen LogP contribution in [-0.2, 0) is 11.3 Å². The first-order valence-electron chi connectivity index (χ1n) is 7.27. The first kappa shape index (κ1) is 18.1. The molecule has 0 saturated carbocycles. The van der Waals surface area contributed by atoms with E-state index in [1.807, 2.05) is 12.1 Å². The van der Waals surface area contributed by atoms with Gasteiger partial charge >= 0.3 is 5.97 Å². The van der Waals surface area contributed by atoms with Crippen molar-refractivity contribution in [3.63, 3.8) is 0 Å². The van der Waals surface area contributed by atoms with Crippen molar-refractivity contribution in [3.05, 3.63) is 51.9 Å². The normalized spacial score (nSPS) is 11.8. The summed E-state index contributed by atoms with van der Waals surface area (Å²) >= 11 is 3.34. The van der Waals surface area contributed by atoms with Crippen LogP contribution in [0.3, 0.4) is 0 Å². The maximum absolute atomic E-state index is 12.4. The fourth-order valence-corrected chi connectivity index (χ4v) is 2.49. The van der Waals surface area contributed by atoms with E-state index in [2.05, 4.69) is 15.9 Å². The average molecular weight is 396 g/mol. The Kier molecular flexibility index (Phi) is 5.66. The minimum Gasteiger partial charge on any atom is -0.481 e. The molecular formula is C17H18BrNO5. The Morgan fingerprint density at radius 1 is 1.33 bits per heavy atom. The molecule has 0 fully saturated rings. The first-order valence-corrected chi connectivity index (χ1v) is 8.07. The van der Waals surface area contributed by atoms with Gasteiger partial charge in [-0.2, -0.15) is 0 Å². The molecule has 1 aromatic carbocycles. The SMILES string of the molecule is Cc1oc(CN(C)C(=O)C(C)Oc2ccc(Br)cc2)cc1C(=O)O. The van der Waals surface area contributed by atoms with Gasteiger partial charge in [0.1, 0.15) is 22.8 Å². The number of carbonyl (C=O) groups excluding carboxylic acids is 1. The smallest absolute Gasteiger partial charge is 0.339 e. The second-order valence-electron chi connectivity index (χ2n) is 5.40. The lowest BCUT2D eigenvalue weighted by molar-refractivity contribution is -0.137. The number of carboxylic acid groups (broad SMARTS) is 1. The molecule has 0 spiro atoms. The van der Waals surface area contributed by atoms with Gasteiger partial charge in [0.25, 0.3) is 5.91 Å². The number of aryl methyl sites for hydroxylation is 1. The molecule has 1 aromatic heterocycles. The average Bonchev–Trinajstić information content (AvgIpc) is 2.89. The molecule has 6 nitrogen and oxygen atoms in total. The van der Waals surface area contributed by atoms with Crippen LogP contribution in [0.1, 0.15) is 28.8 Å². The van der Waals surface area contributed by atoms with Gasteiger partial charge < -0.3 is 19.2 Å². The van der Waals surface area contributed by atoms with E-state index in [4.69, 9.17) is 14.3 Å². The molecule has 0 bridgehead atoms. The van der Waals surface area contributed by atoms with Gasteiger partial charge in [-0.25, -0.2) is 4.79 Å². The van der Waals surface area contributed by atoms with Crippen molar-refractivity contribution in [2.45, 2.75) is 26.5 Å². The monoisotopic (exact) mass is 395 g/mol. The molecule has 2 aromatic rings. The number of hydrogen-bond donors (Lipinski definition) is 1. The molecule has 1 heterocycles. The van der Waals surface area contributed by atoms with Crippen molar-refractivity contribution in [2.75, 3.05) is 7.05 Å². The standard InChI is InChI=1S/C17H18BrNO5/c1-10-15(17(21)22)8-14(23-10)9-19(3)16(20)11(2)24-13-6-4-12(18)5-7-13/h4-8,11H,9H2,1-3H3,(H,21,22). The molecule has 0 radical (unpaired) electrons. The lowest BCUT2D eigenvalue weighted by Gasteiger charge is -2.21. The van der Waals surface area contributed by atoms with Crippen molar-refractivity contribution in [3.8, 4) is 5.75 Å². The number of aromatic carboxylic acids is 1. The lowest BCUT2D eigenvalue weighted by Crippen LogP contribution is -2.37. The maximum Gasteiger partial charge on any atom is 0.339 e. The Morgan fingerprint density at radius 2 is 1.96 bits per heavy atom. The van der Waals surface area contributed by atoms with Gasteiger partial charge in [0.2, 0.25) is 0 Å². The van der Waals surface area contributed by atoms with E-state index in [-0.39, 0.29) is 18.0 Å². The number of hydrogen-bond acceptors (Lipinski definition) is 4. The molecular weight excluding hydrogens is 378 g/mol. The molecule has 2 rings (SSSR count). The number of furan rings is 1. The Labute approximate surface area is 148 Å². The van der Waals surface area contributed by atoms with Crippen LogP contribution in [0, 0.1) is 6.92 Å². The predicted molar refractivity (Wildman–Crippen MR) is 91.1 cm³/mol. The zero-order valence-electron chi connectivity index (χ0n) is 13.6. The summed E-state index contributed by atoms with van der Waals surface area (Å²) in [6.07, 6.45) is -0.675. The zero-order chi connectivity index (χ0) is 17.9. The summed E-state index contributed by atoms with van der Waals surface area (Å²) in [5.41, 5.74) is 0.102. The number of nitrogens with zero attached hydrogens (tertiary/aromatic N) is 1. The van der Waals surface area contributed by atoms with Crippen LogP contribution in [0.4, 0.5) is 0 Å². The molecule has 1 amide bonds. The van der Waals surface area contributed by atoms with Crippen molar-refractivity contribution in [2.24, 2.45) is 0 Å². The summed E-state index contributed by atoms with van der Waals surface area (Å²) in [4.78, 5) is 24.8. The van der Waals surface area contributed by atoms with E-state index in [1.54, 1.807) is 33.0 Å². The van der Waals surface area contributed by atoms with E-state index in [0.29, 0.717) is 17.3 Å². The highest BCUT2D eigenvalue weighted by Crippen LogP contribution is 2.19. The summed E-state index contributed by atoms with van der Waals surface area (Å²) < 4.78 is 11.9. The highest BCUT2D eigenvalue weighted by molar-refractivity contribution is 9.10. The van der Waals surface area contributed by atoms with Crippen LogP contribution in [0.25, 0.3) is 0 Å². The minimum absolute atomic E-state index is 0.102. The van der Waals surface area contributed by atoms with Crippen LogP contribution >= 0.6 is 15.9 Å². The number of halogens is 1. The quantitative estimate of drug-likeness (QED) is 0.809. The molecule has 7 heteroatoms. The highest BCUT2D eigenvalue weighted by atomic mass is 79.9. The minimum atomic E-state index is -1.05. The van der Waals surface area contributed by atoms with Crippen LogP contribution < -0.4 is 4.74 Å². The second kappa shape index (κ2) is 7.53. The van der Waals surface area contributed by atoms with E-state index < -0.39 is 12.1 Å². The Balaban J connectivity index is 1.99. The molecule has 0 aliphatic carbocycles. The lowest BCUT2D eigenvalue weighted by atomic mass is 10.2. The van der Waals surface area contributed by atoms with Gasteiger partial charge in [0, 0.05) is 11.5 Å². The van der Waals surface area contributed by atoms with Gasteiger partial charge in [-0.1, -0.05) is 15.9 Å². The number of benzene rings is 1. The summed E-state index contributed by atoms with van der Waals surface area (Å²) in [6, 6.07) is 8.62. The molecule has 1 atom stereocenters. The molecule has 1 unspecified atom stereocenters. The Hall–Kier alpha value is -2.28. The number of ether oxygens (including phenoxy) is 1. The van der Waals surface area contributed by atoms with Gasteiger partial charge in [-0.3, -0.25) is 4.79 Å². The fraction of sp³-hybridized carbons (Fsp3) is 0.294. The third-order valence-corrected chi connectivity index (χ3v) is 3.97. The van der Waals surface area contributed by atoms with Gasteiger partial charge in [0.15, 0.2) is 6.10 Å². The Bertz CT molecular complexity index is 738. The molecule has 0 saturated heterocycles. The van der Waals surface area contributed by atoms with Crippen LogP contribution in [0.2, 0.25) is 0 Å². The molecule has 0 aliphatic heterocycles. The van der Waals surface area contributed by atoms with Gasteiger partial charge in [-0.15, -0.1) is 0 Å². The number of carbonyl (C=O) groups is 2. The van der Waals surface area contributed by atoms with E-state index in [9.17, 15) is 9.59 Å². The maximum atomic E-state index is 12.4. The first-order chi connectivity index (χ1) is 11.3. The topological polar surface area (TPSA) is 80.0 Å². The number of amides is 1. The Morgan fingerprint density at radius 3 is 2.50 bits per heavy atom. The van der Waals surface area contributed by atoms with E-state index in [0.717, 1.165) is 4.47 Å². The van der Waals surface area contributed by atoms with Crippen LogP contribution in [0.5, 0.6) is 5.75 Å². The molecule has 24 heavy (non-hydrogen) atoms. The fourth-order valence-electron chi connectivity index (χ4n) is 2.22. The third-order valence-electron chi connectivity index (χ3n) is 3.44.